The average Bonchev–Trinajstić information content (AvgIpc) is 1.95. The summed E-state index contributed by atoms with van der Waals surface area (Å²) >= 11 is 0. The van der Waals surface area contributed by atoms with E-state index >= 15 is 0 Å². The molecule has 1 N–H and O–H groups in total. The number of hydroxylamine groups is 2. The molecule has 2 nitrogen and oxygen atoms in total. The molecule has 1 rings (SSSR count). The van der Waals surface area contributed by atoms with E-state index in [1.807, 2.05) is 0 Å². The van der Waals surface area contributed by atoms with Crippen LogP contribution in [0.1, 0.15) is 19.3 Å². The minimum absolute atomic E-state index is 0.647. The lowest BCUT2D eigenvalue weighted by molar-refractivity contribution is -0.111. The Hall–Kier alpha value is -0.520. The van der Waals surface area contributed by atoms with Crippen LogP contribution < -0.4 is 0 Å². The molecule has 0 aromatic carbocycles. The van der Waals surface area contributed by atoms with Gasteiger partial charge in [0.15, 0.2) is 0 Å². The van der Waals surface area contributed by atoms with Crippen molar-refractivity contribution in [2.75, 3.05) is 13.1 Å². The van der Waals surface area contributed by atoms with Crippen LogP contribution in [0.25, 0.3) is 0 Å². The van der Waals surface area contributed by atoms with Gasteiger partial charge in [0, 0.05) is 19.5 Å². The molecule has 0 unspecified atom stereocenters. The number of hydrogen-bond donors (Lipinski definition) is 1. The molecule has 0 saturated carbocycles. The van der Waals surface area contributed by atoms with Crippen molar-refractivity contribution in [3.63, 3.8) is 0 Å². The van der Waals surface area contributed by atoms with Crippen LogP contribution in [0.4, 0.5) is 0 Å². The van der Waals surface area contributed by atoms with Crippen molar-refractivity contribution in [3.8, 4) is 12.3 Å². The SMILES string of the molecule is C#CCC1CCN(O)CC1. The van der Waals surface area contributed by atoms with E-state index in [1.54, 1.807) is 0 Å². The molecule has 1 saturated heterocycles. The third-order valence-electron chi connectivity index (χ3n) is 2.00. The first-order valence-electron chi connectivity index (χ1n) is 3.70. The van der Waals surface area contributed by atoms with Gasteiger partial charge in [-0.05, 0) is 18.8 Å². The Bertz CT molecular complexity index is 131. The second kappa shape index (κ2) is 3.60. The highest BCUT2D eigenvalue weighted by atomic mass is 16.5. The van der Waals surface area contributed by atoms with Gasteiger partial charge in [0.1, 0.15) is 0 Å². The van der Waals surface area contributed by atoms with Gasteiger partial charge in [0.25, 0.3) is 0 Å². The molecular weight excluding hydrogens is 126 g/mol. The smallest absolute Gasteiger partial charge is 0.0241 e. The molecule has 0 amide bonds. The van der Waals surface area contributed by atoms with Gasteiger partial charge in [-0.3, -0.25) is 0 Å². The van der Waals surface area contributed by atoms with E-state index in [0.29, 0.717) is 5.92 Å². The lowest BCUT2D eigenvalue weighted by atomic mass is 9.95. The molecule has 0 atom stereocenters. The van der Waals surface area contributed by atoms with Crippen LogP contribution in [0, 0.1) is 18.3 Å². The molecule has 0 spiro atoms. The number of hydrogen-bond acceptors (Lipinski definition) is 2. The normalized spacial score (nSPS) is 22.4. The van der Waals surface area contributed by atoms with Crippen LogP contribution in [-0.2, 0) is 0 Å². The molecule has 1 heterocycles. The van der Waals surface area contributed by atoms with Crippen molar-refractivity contribution < 1.29 is 5.21 Å². The van der Waals surface area contributed by atoms with Crippen LogP contribution >= 0.6 is 0 Å². The van der Waals surface area contributed by atoms with Crippen molar-refractivity contribution in [2.45, 2.75) is 19.3 Å². The Kier molecular flexibility index (Phi) is 2.73. The monoisotopic (exact) mass is 139 g/mol. The molecule has 1 aliphatic heterocycles. The molecule has 1 aliphatic rings. The predicted molar refractivity (Wildman–Crippen MR) is 39.5 cm³/mol. The van der Waals surface area contributed by atoms with Crippen molar-refractivity contribution in [3.05, 3.63) is 0 Å². The van der Waals surface area contributed by atoms with E-state index < -0.39 is 0 Å². The number of piperidine rings is 1. The highest BCUT2D eigenvalue weighted by Gasteiger charge is 2.15. The Morgan fingerprint density at radius 3 is 2.60 bits per heavy atom. The molecule has 1 fully saturated rings. The Balaban J connectivity index is 2.21. The van der Waals surface area contributed by atoms with Crippen molar-refractivity contribution >= 4 is 0 Å². The maximum absolute atomic E-state index is 8.98. The molecule has 0 aromatic rings. The van der Waals surface area contributed by atoms with E-state index in [4.69, 9.17) is 11.6 Å². The van der Waals surface area contributed by atoms with Crippen LogP contribution in [0.15, 0.2) is 0 Å². The highest BCUT2D eigenvalue weighted by Crippen LogP contribution is 2.18. The summed E-state index contributed by atoms with van der Waals surface area (Å²) in [4.78, 5) is 0. The quantitative estimate of drug-likeness (QED) is 0.550. The number of terminal acetylenes is 1. The molecule has 0 aromatic heterocycles. The second-order valence-corrected chi connectivity index (χ2v) is 2.81. The summed E-state index contributed by atoms with van der Waals surface area (Å²) in [5, 5.41) is 10.3. The first kappa shape index (κ1) is 7.59. The largest absolute Gasteiger partial charge is 0.314 e. The van der Waals surface area contributed by atoms with Gasteiger partial charge < -0.3 is 5.21 Å². The van der Waals surface area contributed by atoms with Crippen molar-refractivity contribution in [1.82, 2.24) is 5.06 Å². The third kappa shape index (κ3) is 2.02. The van der Waals surface area contributed by atoms with Gasteiger partial charge in [0.2, 0.25) is 0 Å². The zero-order chi connectivity index (χ0) is 7.40. The van der Waals surface area contributed by atoms with Crippen molar-refractivity contribution in [2.24, 2.45) is 5.92 Å². The molecule has 10 heavy (non-hydrogen) atoms. The predicted octanol–water partition coefficient (Wildman–Crippen LogP) is 1.11. The minimum atomic E-state index is 0.647. The van der Waals surface area contributed by atoms with E-state index in [0.717, 1.165) is 32.4 Å². The van der Waals surface area contributed by atoms with Gasteiger partial charge in [0.05, 0.1) is 0 Å². The van der Waals surface area contributed by atoms with Gasteiger partial charge in [-0.25, -0.2) is 0 Å². The van der Waals surface area contributed by atoms with Gasteiger partial charge in [-0.15, -0.1) is 12.3 Å². The maximum Gasteiger partial charge on any atom is 0.0241 e. The van der Waals surface area contributed by atoms with Crippen LogP contribution in [0.2, 0.25) is 0 Å². The molecule has 0 bridgehead atoms. The lowest BCUT2D eigenvalue weighted by Crippen LogP contribution is -2.30. The third-order valence-corrected chi connectivity index (χ3v) is 2.00. The van der Waals surface area contributed by atoms with Crippen LogP contribution in [-0.4, -0.2) is 23.4 Å². The number of rotatable bonds is 1. The summed E-state index contributed by atoms with van der Waals surface area (Å²) in [6.45, 7) is 1.57. The van der Waals surface area contributed by atoms with Crippen molar-refractivity contribution in [1.29, 1.82) is 0 Å². The fourth-order valence-electron chi connectivity index (χ4n) is 1.29. The van der Waals surface area contributed by atoms with Crippen LogP contribution in [0.3, 0.4) is 0 Å². The summed E-state index contributed by atoms with van der Waals surface area (Å²) in [6.07, 6.45) is 8.12. The van der Waals surface area contributed by atoms with Crippen LogP contribution in [0.5, 0.6) is 0 Å². The van der Waals surface area contributed by atoms with E-state index in [2.05, 4.69) is 5.92 Å². The lowest BCUT2D eigenvalue weighted by Gasteiger charge is -2.25. The standard InChI is InChI=1S/C8H13NO/c1-2-3-8-4-6-9(10)7-5-8/h1,8,10H,3-7H2. The highest BCUT2D eigenvalue weighted by molar-refractivity contribution is 4.87. The van der Waals surface area contributed by atoms with E-state index in [9.17, 15) is 0 Å². The Morgan fingerprint density at radius 1 is 1.50 bits per heavy atom. The first-order valence-corrected chi connectivity index (χ1v) is 3.70. The topological polar surface area (TPSA) is 23.5 Å². The minimum Gasteiger partial charge on any atom is -0.314 e. The molecule has 56 valence electrons. The van der Waals surface area contributed by atoms with E-state index in [-0.39, 0.29) is 0 Å². The maximum atomic E-state index is 8.98. The summed E-state index contributed by atoms with van der Waals surface area (Å²) in [5.74, 6) is 3.30. The fraction of sp³-hybridized carbons (Fsp3) is 0.750. The second-order valence-electron chi connectivity index (χ2n) is 2.81. The molecule has 0 radical (unpaired) electrons. The van der Waals surface area contributed by atoms with Gasteiger partial charge in [-0.2, -0.15) is 5.06 Å². The summed E-state index contributed by atoms with van der Waals surface area (Å²) in [5.41, 5.74) is 0. The summed E-state index contributed by atoms with van der Waals surface area (Å²) in [6, 6.07) is 0. The first-order chi connectivity index (χ1) is 4.83. The Labute approximate surface area is 61.8 Å². The molecule has 0 aliphatic carbocycles. The summed E-state index contributed by atoms with van der Waals surface area (Å²) < 4.78 is 0. The molecular formula is C8H13NO. The Morgan fingerprint density at radius 2 is 2.10 bits per heavy atom. The van der Waals surface area contributed by atoms with E-state index in [1.165, 1.54) is 5.06 Å². The fourth-order valence-corrected chi connectivity index (χ4v) is 1.29. The zero-order valence-corrected chi connectivity index (χ0v) is 6.08. The number of nitrogens with zero attached hydrogens (tertiary/aromatic N) is 1. The summed E-state index contributed by atoms with van der Waals surface area (Å²) in [7, 11) is 0. The van der Waals surface area contributed by atoms with Gasteiger partial charge in [-0.1, -0.05) is 0 Å². The average molecular weight is 139 g/mol. The molecule has 2 heteroatoms. The van der Waals surface area contributed by atoms with Gasteiger partial charge >= 0.3 is 0 Å². The zero-order valence-electron chi connectivity index (χ0n) is 6.08.